The highest BCUT2D eigenvalue weighted by Gasteiger charge is 2.25. The molecule has 0 spiro atoms. The van der Waals surface area contributed by atoms with Crippen LogP contribution in [0, 0.1) is 20.8 Å². The van der Waals surface area contributed by atoms with E-state index in [-0.39, 0.29) is 5.91 Å². The largest absolute Gasteiger partial charge is 0.320 e. The van der Waals surface area contributed by atoms with Crippen LogP contribution in [0.3, 0.4) is 0 Å². The highest BCUT2D eigenvalue weighted by atomic mass is 16.2. The van der Waals surface area contributed by atoms with Crippen molar-refractivity contribution in [1.82, 2.24) is 0 Å². The van der Waals surface area contributed by atoms with E-state index >= 15 is 0 Å². The summed E-state index contributed by atoms with van der Waals surface area (Å²) < 4.78 is 0. The summed E-state index contributed by atoms with van der Waals surface area (Å²) in [5.74, 6) is -0.134. The van der Waals surface area contributed by atoms with Crippen LogP contribution in [0.5, 0.6) is 0 Å². The molecule has 0 saturated heterocycles. The van der Waals surface area contributed by atoms with Crippen LogP contribution in [0.15, 0.2) is 41.4 Å². The molecule has 1 aliphatic heterocycles. The molecule has 3 heteroatoms. The molecule has 0 unspecified atom stereocenters. The van der Waals surface area contributed by atoms with Gasteiger partial charge in [-0.15, -0.1) is 0 Å². The summed E-state index contributed by atoms with van der Waals surface area (Å²) in [5, 5.41) is 2.85. The third-order valence-electron chi connectivity index (χ3n) is 3.34. The van der Waals surface area contributed by atoms with E-state index in [1.165, 1.54) is 0 Å². The Morgan fingerprint density at radius 1 is 0.900 bits per heavy atom. The Morgan fingerprint density at radius 2 is 1.60 bits per heavy atom. The first-order valence-corrected chi connectivity index (χ1v) is 6.62. The number of carbonyl (C=O) groups is 1. The van der Waals surface area contributed by atoms with Gasteiger partial charge in [0, 0.05) is 5.56 Å². The fourth-order valence-electron chi connectivity index (χ4n) is 2.52. The molecule has 0 aliphatic carbocycles. The van der Waals surface area contributed by atoms with Gasteiger partial charge in [0.1, 0.15) is 5.71 Å². The van der Waals surface area contributed by atoms with E-state index < -0.39 is 0 Å². The van der Waals surface area contributed by atoms with Crippen molar-refractivity contribution in [1.29, 1.82) is 0 Å². The fraction of sp³-hybridized carbons (Fsp3) is 0.176. The van der Waals surface area contributed by atoms with Crippen molar-refractivity contribution in [3.63, 3.8) is 0 Å². The molecule has 1 aliphatic rings. The average Bonchev–Trinajstić information content (AvgIpc) is 2.65. The van der Waals surface area contributed by atoms with Gasteiger partial charge in [0.25, 0.3) is 5.91 Å². The lowest BCUT2D eigenvalue weighted by Crippen LogP contribution is -2.13. The maximum Gasteiger partial charge on any atom is 0.275 e. The first-order valence-electron chi connectivity index (χ1n) is 6.62. The van der Waals surface area contributed by atoms with Crippen LogP contribution < -0.4 is 5.32 Å². The summed E-state index contributed by atoms with van der Waals surface area (Å²) in [6, 6.07) is 12.0. The Bertz CT molecular complexity index is 724. The van der Waals surface area contributed by atoms with Gasteiger partial charge in [0.15, 0.2) is 0 Å². The minimum absolute atomic E-state index is 0.134. The normalized spacial score (nSPS) is 15.3. The molecule has 0 aromatic heterocycles. The van der Waals surface area contributed by atoms with Gasteiger partial charge in [0.2, 0.25) is 0 Å². The summed E-state index contributed by atoms with van der Waals surface area (Å²) in [7, 11) is 0. The number of amides is 1. The van der Waals surface area contributed by atoms with Crippen molar-refractivity contribution >= 4 is 23.0 Å². The molecule has 0 radical (unpaired) electrons. The van der Waals surface area contributed by atoms with Gasteiger partial charge in [-0.2, -0.15) is 0 Å². The summed E-state index contributed by atoms with van der Waals surface area (Å²) in [6.07, 6.45) is 0. The quantitative estimate of drug-likeness (QED) is 0.838. The number of nitrogens with zero attached hydrogens (tertiary/aromatic N) is 1. The van der Waals surface area contributed by atoms with E-state index in [9.17, 15) is 4.79 Å². The standard InChI is InChI=1S/C17H16N2O/c1-10-4-5-15-14(9-10)16(17(20)19-15)18-13-7-11(2)6-12(3)8-13/h4-9H,1-3H3,(H,18,19,20). The zero-order valence-electron chi connectivity index (χ0n) is 11.8. The van der Waals surface area contributed by atoms with Crippen molar-refractivity contribution in [2.45, 2.75) is 20.8 Å². The molecular formula is C17H16N2O. The monoisotopic (exact) mass is 264 g/mol. The van der Waals surface area contributed by atoms with E-state index in [0.717, 1.165) is 33.6 Å². The molecule has 2 aromatic rings. The van der Waals surface area contributed by atoms with E-state index in [0.29, 0.717) is 5.71 Å². The second-order valence-corrected chi connectivity index (χ2v) is 5.31. The molecular weight excluding hydrogens is 248 g/mol. The highest BCUT2D eigenvalue weighted by molar-refractivity contribution is 6.54. The molecule has 0 saturated carbocycles. The second-order valence-electron chi connectivity index (χ2n) is 5.31. The minimum Gasteiger partial charge on any atom is -0.320 e. The number of nitrogens with one attached hydrogen (secondary N) is 1. The number of anilines is 1. The predicted molar refractivity (Wildman–Crippen MR) is 81.9 cm³/mol. The zero-order valence-corrected chi connectivity index (χ0v) is 11.8. The number of aliphatic imine (C=N–C) groups is 1. The fourth-order valence-corrected chi connectivity index (χ4v) is 2.52. The van der Waals surface area contributed by atoms with Crippen LogP contribution in [-0.4, -0.2) is 11.6 Å². The van der Waals surface area contributed by atoms with Crippen LogP contribution in [0.4, 0.5) is 11.4 Å². The van der Waals surface area contributed by atoms with Crippen molar-refractivity contribution in [2.75, 3.05) is 5.32 Å². The van der Waals surface area contributed by atoms with Crippen molar-refractivity contribution in [3.05, 3.63) is 58.7 Å². The van der Waals surface area contributed by atoms with Crippen LogP contribution >= 0.6 is 0 Å². The molecule has 0 atom stereocenters. The molecule has 0 fully saturated rings. The summed E-state index contributed by atoms with van der Waals surface area (Å²) >= 11 is 0. The van der Waals surface area contributed by atoms with Gasteiger partial charge < -0.3 is 5.32 Å². The lowest BCUT2D eigenvalue weighted by molar-refractivity contribution is -0.110. The van der Waals surface area contributed by atoms with Crippen molar-refractivity contribution in [2.24, 2.45) is 4.99 Å². The maximum atomic E-state index is 12.1. The zero-order chi connectivity index (χ0) is 14.3. The number of carbonyl (C=O) groups excluding carboxylic acids is 1. The molecule has 1 heterocycles. The average molecular weight is 264 g/mol. The number of hydrogen-bond acceptors (Lipinski definition) is 2. The number of fused-ring (bicyclic) bond motifs is 1. The van der Waals surface area contributed by atoms with Crippen LogP contribution in [-0.2, 0) is 4.79 Å². The van der Waals surface area contributed by atoms with E-state index in [2.05, 4.69) is 16.4 Å². The van der Waals surface area contributed by atoms with Crippen LogP contribution in [0.25, 0.3) is 0 Å². The van der Waals surface area contributed by atoms with Crippen LogP contribution in [0.2, 0.25) is 0 Å². The molecule has 100 valence electrons. The SMILES string of the molecule is Cc1cc(C)cc(N=C2C(=O)Nc3ccc(C)cc32)c1. The lowest BCUT2D eigenvalue weighted by Gasteiger charge is -2.02. The summed E-state index contributed by atoms with van der Waals surface area (Å²) in [4.78, 5) is 16.6. The topological polar surface area (TPSA) is 41.5 Å². The third-order valence-corrected chi connectivity index (χ3v) is 3.34. The molecule has 2 aromatic carbocycles. The molecule has 1 N–H and O–H groups in total. The molecule has 20 heavy (non-hydrogen) atoms. The molecule has 1 amide bonds. The second kappa shape index (κ2) is 4.60. The summed E-state index contributed by atoms with van der Waals surface area (Å²) in [6.45, 7) is 6.07. The van der Waals surface area contributed by atoms with Gasteiger partial charge in [-0.05, 0) is 56.2 Å². The number of benzene rings is 2. The number of aryl methyl sites for hydroxylation is 3. The van der Waals surface area contributed by atoms with E-state index in [4.69, 9.17) is 0 Å². The Balaban J connectivity index is 2.12. The maximum absolute atomic E-state index is 12.1. The first kappa shape index (κ1) is 12.6. The van der Waals surface area contributed by atoms with Gasteiger partial charge >= 0.3 is 0 Å². The van der Waals surface area contributed by atoms with Crippen molar-refractivity contribution in [3.8, 4) is 0 Å². The summed E-state index contributed by atoms with van der Waals surface area (Å²) in [5.41, 5.74) is 6.45. The lowest BCUT2D eigenvalue weighted by atomic mass is 10.1. The molecule has 0 bridgehead atoms. The Hall–Kier alpha value is -2.42. The Kier molecular flexibility index (Phi) is 2.90. The smallest absolute Gasteiger partial charge is 0.275 e. The number of hydrogen-bond donors (Lipinski definition) is 1. The Labute approximate surface area is 118 Å². The number of rotatable bonds is 1. The van der Waals surface area contributed by atoms with Crippen LogP contribution in [0.1, 0.15) is 22.3 Å². The predicted octanol–water partition coefficient (Wildman–Crippen LogP) is 3.68. The molecule has 3 nitrogen and oxygen atoms in total. The van der Waals surface area contributed by atoms with Gasteiger partial charge in [-0.25, -0.2) is 4.99 Å². The van der Waals surface area contributed by atoms with Crippen molar-refractivity contribution < 1.29 is 4.79 Å². The Morgan fingerprint density at radius 3 is 2.30 bits per heavy atom. The molecule has 3 rings (SSSR count). The minimum atomic E-state index is -0.134. The van der Waals surface area contributed by atoms with Gasteiger partial charge in [0.05, 0.1) is 11.4 Å². The van der Waals surface area contributed by atoms with Gasteiger partial charge in [-0.3, -0.25) is 4.79 Å². The van der Waals surface area contributed by atoms with E-state index in [1.54, 1.807) is 0 Å². The van der Waals surface area contributed by atoms with E-state index in [1.807, 2.05) is 51.1 Å². The van der Waals surface area contributed by atoms with Gasteiger partial charge in [-0.1, -0.05) is 17.7 Å². The highest BCUT2D eigenvalue weighted by Crippen LogP contribution is 2.27. The third kappa shape index (κ3) is 2.23. The first-order chi connectivity index (χ1) is 9.52.